The molecule has 1 amide bonds. The number of rotatable bonds is 6. The molecule has 0 radical (unpaired) electrons. The zero-order valence-electron chi connectivity index (χ0n) is 23.5. The van der Waals surface area contributed by atoms with E-state index in [2.05, 4.69) is 29.2 Å². The third-order valence-electron chi connectivity index (χ3n) is 9.91. The summed E-state index contributed by atoms with van der Waals surface area (Å²) in [5.74, 6) is 0.415. The van der Waals surface area contributed by atoms with Crippen molar-refractivity contribution >= 4 is 12.0 Å². The second-order valence-corrected chi connectivity index (χ2v) is 12.1. The van der Waals surface area contributed by atoms with Crippen molar-refractivity contribution in [1.82, 2.24) is 9.80 Å². The summed E-state index contributed by atoms with van der Waals surface area (Å²) in [5, 5.41) is 23.6. The van der Waals surface area contributed by atoms with Crippen LogP contribution in [0, 0.1) is 6.92 Å². The Morgan fingerprint density at radius 1 is 1.15 bits per heavy atom. The van der Waals surface area contributed by atoms with Crippen molar-refractivity contribution in [2.75, 3.05) is 20.1 Å². The van der Waals surface area contributed by atoms with Crippen molar-refractivity contribution in [1.29, 1.82) is 0 Å². The van der Waals surface area contributed by atoms with Crippen molar-refractivity contribution < 1.29 is 19.7 Å². The first-order valence-corrected chi connectivity index (χ1v) is 14.5. The number of nitrogens with zero attached hydrogens (tertiary/aromatic N) is 2. The first-order valence-electron chi connectivity index (χ1n) is 14.5. The van der Waals surface area contributed by atoms with E-state index in [0.717, 1.165) is 41.8 Å². The van der Waals surface area contributed by atoms with Gasteiger partial charge in [0.1, 0.15) is 11.7 Å². The second kappa shape index (κ2) is 9.61. The Morgan fingerprint density at radius 3 is 2.78 bits per heavy atom. The van der Waals surface area contributed by atoms with E-state index < -0.39 is 23.2 Å². The molecule has 5 atom stereocenters. The van der Waals surface area contributed by atoms with Crippen molar-refractivity contribution in [3.8, 4) is 11.5 Å². The lowest BCUT2D eigenvalue weighted by Gasteiger charge is -2.62. The van der Waals surface area contributed by atoms with Crippen LogP contribution >= 0.6 is 0 Å². The topological polar surface area (TPSA) is 73.2 Å². The fraction of sp³-hybridized carbons (Fsp3) is 0.343. The predicted octanol–water partition coefficient (Wildman–Crippen LogP) is 4.41. The average molecular weight is 549 g/mol. The van der Waals surface area contributed by atoms with Gasteiger partial charge in [-0.3, -0.25) is 9.69 Å². The van der Waals surface area contributed by atoms with Crippen LogP contribution in [0.2, 0.25) is 0 Å². The molecule has 2 unspecified atom stereocenters. The molecule has 6 heteroatoms. The first-order chi connectivity index (χ1) is 19.8. The molecule has 2 heterocycles. The maximum Gasteiger partial charge on any atom is 0.246 e. The highest BCUT2D eigenvalue weighted by Crippen LogP contribution is 2.64. The molecule has 1 fully saturated rings. The van der Waals surface area contributed by atoms with Gasteiger partial charge in [-0.15, -0.1) is 0 Å². The number of likely N-dealkylation sites (tertiary alicyclic amines) is 1. The minimum Gasteiger partial charge on any atom is -0.504 e. The Balaban J connectivity index is 1.24. The third kappa shape index (κ3) is 3.88. The monoisotopic (exact) mass is 548 g/mol. The summed E-state index contributed by atoms with van der Waals surface area (Å²) in [6.07, 6.45) is 9.06. The van der Waals surface area contributed by atoms with E-state index in [1.807, 2.05) is 61.5 Å². The largest absolute Gasteiger partial charge is 0.504 e. The molecule has 4 aliphatic rings. The number of likely N-dealkylation sites (N-methyl/N-ethyl adjacent to an activating group) is 1. The van der Waals surface area contributed by atoms with Gasteiger partial charge in [0.2, 0.25) is 5.91 Å². The summed E-state index contributed by atoms with van der Waals surface area (Å²) in [7, 11) is 1.79. The van der Waals surface area contributed by atoms with E-state index in [0.29, 0.717) is 18.6 Å². The molecule has 1 saturated heterocycles. The van der Waals surface area contributed by atoms with Gasteiger partial charge in [-0.05, 0) is 61.6 Å². The number of phenolic OH excluding ortho intramolecular Hbond substituents is 1. The molecule has 210 valence electrons. The van der Waals surface area contributed by atoms with Crippen molar-refractivity contribution in [2.24, 2.45) is 0 Å². The number of carbonyl (C=O) groups is 1. The minimum atomic E-state index is -1.18. The Morgan fingerprint density at radius 2 is 1.98 bits per heavy atom. The molecule has 1 spiro atoms. The fourth-order valence-electron chi connectivity index (χ4n) is 7.89. The molecule has 2 aliphatic heterocycles. The molecule has 41 heavy (non-hydrogen) atoms. The lowest BCUT2D eigenvalue weighted by molar-refractivity contribution is -0.154. The Bertz CT molecular complexity index is 1570. The Hall–Kier alpha value is -3.87. The number of hydrogen-bond acceptors (Lipinski definition) is 5. The normalized spacial score (nSPS) is 29.3. The minimum absolute atomic E-state index is 0.0897. The van der Waals surface area contributed by atoms with Gasteiger partial charge in [0, 0.05) is 31.3 Å². The van der Waals surface area contributed by atoms with Gasteiger partial charge in [-0.1, -0.05) is 78.4 Å². The van der Waals surface area contributed by atoms with Crippen LogP contribution in [0.3, 0.4) is 0 Å². The molecule has 2 N–H and O–H groups in total. The van der Waals surface area contributed by atoms with E-state index in [4.69, 9.17) is 4.74 Å². The standard InChI is InChI=1S/C35H36N2O4/c1-23-7-6-10-25(21-23)11-14-30(39)36(2)27-15-17-35(40)29-22-26-12-13-28(38)32-31(26)34(35,33(27)41-32)18-20-37(29)19-16-24-8-4-3-5-9-24/h3-15,17,21,27,29,33,38,40H,16,18-20,22H2,1-2H3/b14-11+/t27?,29-,33?,34+,35-/m1/s1. The van der Waals surface area contributed by atoms with Crippen LogP contribution in [0.15, 0.2) is 85.0 Å². The van der Waals surface area contributed by atoms with Gasteiger partial charge in [0.25, 0.3) is 0 Å². The molecule has 3 aromatic carbocycles. The summed E-state index contributed by atoms with van der Waals surface area (Å²) in [6, 6.07) is 21.7. The molecule has 2 bridgehead atoms. The van der Waals surface area contributed by atoms with Gasteiger partial charge < -0.3 is 19.8 Å². The van der Waals surface area contributed by atoms with Crippen molar-refractivity contribution in [3.05, 3.63) is 113 Å². The number of piperidine rings is 1. The summed E-state index contributed by atoms with van der Waals surface area (Å²) in [4.78, 5) is 17.6. The second-order valence-electron chi connectivity index (χ2n) is 12.1. The maximum absolute atomic E-state index is 13.4. The summed E-state index contributed by atoms with van der Waals surface area (Å²) in [6.45, 7) is 3.68. The summed E-state index contributed by atoms with van der Waals surface area (Å²) >= 11 is 0. The predicted molar refractivity (Wildman–Crippen MR) is 159 cm³/mol. The van der Waals surface area contributed by atoms with E-state index in [1.165, 1.54) is 5.56 Å². The lowest BCUT2D eigenvalue weighted by atomic mass is 9.50. The number of hydrogen-bond donors (Lipinski definition) is 2. The molecular weight excluding hydrogens is 512 g/mol. The molecule has 0 saturated carbocycles. The quantitative estimate of drug-likeness (QED) is 0.353. The van der Waals surface area contributed by atoms with Gasteiger partial charge in [0.15, 0.2) is 11.5 Å². The Kier molecular flexibility index (Phi) is 6.10. The molecule has 0 aromatic heterocycles. The first kappa shape index (κ1) is 26.1. The number of carbonyl (C=O) groups excluding carboxylic acids is 1. The zero-order chi connectivity index (χ0) is 28.4. The molecule has 2 aliphatic carbocycles. The highest BCUT2D eigenvalue weighted by Gasteiger charge is 2.72. The van der Waals surface area contributed by atoms with Gasteiger partial charge in [-0.2, -0.15) is 0 Å². The van der Waals surface area contributed by atoms with Gasteiger partial charge in [0.05, 0.1) is 11.5 Å². The molecule has 7 rings (SSSR count). The fourth-order valence-corrected chi connectivity index (χ4v) is 7.89. The molecular formula is C35H36N2O4. The number of aromatic hydroxyl groups is 1. The number of benzene rings is 3. The molecule has 3 aromatic rings. The van der Waals surface area contributed by atoms with Crippen LogP contribution in [0.4, 0.5) is 0 Å². The zero-order valence-corrected chi connectivity index (χ0v) is 23.5. The van der Waals surface area contributed by atoms with Crippen molar-refractivity contribution in [2.45, 2.75) is 55.4 Å². The van der Waals surface area contributed by atoms with Crippen LogP contribution in [-0.2, 0) is 23.1 Å². The van der Waals surface area contributed by atoms with Crippen LogP contribution in [0.25, 0.3) is 6.08 Å². The maximum atomic E-state index is 13.4. The summed E-state index contributed by atoms with van der Waals surface area (Å²) < 4.78 is 6.60. The third-order valence-corrected chi connectivity index (χ3v) is 9.91. The van der Waals surface area contributed by atoms with E-state index in [9.17, 15) is 15.0 Å². The highest BCUT2D eigenvalue weighted by atomic mass is 16.5. The van der Waals surface area contributed by atoms with Crippen molar-refractivity contribution in [3.63, 3.8) is 0 Å². The van der Waals surface area contributed by atoms with Gasteiger partial charge >= 0.3 is 0 Å². The number of ether oxygens (including phenoxy) is 1. The summed E-state index contributed by atoms with van der Waals surface area (Å²) in [5.41, 5.74) is 3.49. The smallest absolute Gasteiger partial charge is 0.246 e. The van der Waals surface area contributed by atoms with Crippen LogP contribution in [0.5, 0.6) is 11.5 Å². The van der Waals surface area contributed by atoms with E-state index >= 15 is 0 Å². The Labute approximate surface area is 241 Å². The molecule has 6 nitrogen and oxygen atoms in total. The highest BCUT2D eigenvalue weighted by molar-refractivity contribution is 5.92. The lowest BCUT2D eigenvalue weighted by Crippen LogP contribution is -2.76. The van der Waals surface area contributed by atoms with Crippen LogP contribution < -0.4 is 4.74 Å². The number of aliphatic hydroxyl groups is 1. The number of aryl methyl sites for hydroxylation is 1. The van der Waals surface area contributed by atoms with Gasteiger partial charge in [-0.25, -0.2) is 0 Å². The van der Waals surface area contributed by atoms with Crippen LogP contribution in [-0.4, -0.2) is 69.8 Å². The average Bonchev–Trinajstić information content (AvgIpc) is 3.33. The SMILES string of the molecule is Cc1cccc(/C=C/C(=O)N(C)C2C=C[C@@]3(O)[C@H]4Cc5ccc(O)c6c5[C@@]3(CCN4CCc3ccccc3)C2O6)c1. The number of amides is 1. The van der Waals surface area contributed by atoms with E-state index in [-0.39, 0.29) is 17.7 Å². The van der Waals surface area contributed by atoms with Crippen LogP contribution in [0.1, 0.15) is 34.2 Å². The van der Waals surface area contributed by atoms with E-state index in [1.54, 1.807) is 24.1 Å². The number of phenols is 1.